The lowest BCUT2D eigenvalue weighted by Gasteiger charge is -2.27. The van der Waals surface area contributed by atoms with Crippen LogP contribution >= 0.6 is 0 Å². The number of carbonyl (C=O) groups excluding carboxylic acids is 2. The molecule has 1 aliphatic rings. The average Bonchev–Trinajstić information content (AvgIpc) is 2.96. The zero-order chi connectivity index (χ0) is 19.5. The number of nitrogens with zero attached hydrogens (tertiary/aromatic N) is 1. The fraction of sp³-hybridized carbons (Fsp3) is 0.529. The Labute approximate surface area is 153 Å². The van der Waals surface area contributed by atoms with Crippen LogP contribution in [0, 0.1) is 0 Å². The molecular formula is C17H24N2O6S. The van der Waals surface area contributed by atoms with Crippen LogP contribution in [0.2, 0.25) is 0 Å². The first-order chi connectivity index (χ1) is 12.0. The highest BCUT2D eigenvalue weighted by molar-refractivity contribution is 7.89. The van der Waals surface area contributed by atoms with Crippen LogP contribution < -0.4 is 4.72 Å². The molecule has 1 aromatic rings. The Morgan fingerprint density at radius 2 is 1.81 bits per heavy atom. The first-order valence-electron chi connectivity index (χ1n) is 8.18. The first-order valence-corrected chi connectivity index (χ1v) is 9.66. The monoisotopic (exact) mass is 384 g/mol. The third kappa shape index (κ3) is 4.95. The van der Waals surface area contributed by atoms with Gasteiger partial charge in [0.25, 0.3) is 0 Å². The van der Waals surface area contributed by atoms with Crippen LogP contribution in [-0.4, -0.2) is 56.7 Å². The summed E-state index contributed by atoms with van der Waals surface area (Å²) < 4.78 is 37.6. The molecule has 1 saturated heterocycles. The fourth-order valence-electron chi connectivity index (χ4n) is 2.69. The molecule has 0 saturated carbocycles. The minimum atomic E-state index is -3.76. The van der Waals surface area contributed by atoms with E-state index in [4.69, 9.17) is 9.47 Å². The number of hydrogen-bond donors (Lipinski definition) is 1. The number of esters is 1. The smallest absolute Gasteiger partial charge is 0.411 e. The average molecular weight is 384 g/mol. The number of hydrogen-bond acceptors (Lipinski definition) is 6. The van der Waals surface area contributed by atoms with E-state index in [1.807, 2.05) is 0 Å². The van der Waals surface area contributed by atoms with Crippen molar-refractivity contribution >= 4 is 22.1 Å². The SMILES string of the molecule is COC(=O)[C@@H]1C[C@H](NS(=O)(=O)c2ccccc2)CN1C(=O)OC(C)(C)C. The summed E-state index contributed by atoms with van der Waals surface area (Å²) in [5.74, 6) is -0.614. The topological polar surface area (TPSA) is 102 Å². The van der Waals surface area contributed by atoms with E-state index in [9.17, 15) is 18.0 Å². The molecule has 8 nitrogen and oxygen atoms in total. The number of ether oxygens (including phenoxy) is 2. The van der Waals surface area contributed by atoms with E-state index in [1.165, 1.54) is 24.1 Å². The minimum Gasteiger partial charge on any atom is -0.467 e. The van der Waals surface area contributed by atoms with Gasteiger partial charge in [0.2, 0.25) is 10.0 Å². The predicted octanol–water partition coefficient (Wildman–Crippen LogP) is 1.52. The molecule has 0 radical (unpaired) electrons. The van der Waals surface area contributed by atoms with Gasteiger partial charge in [0.05, 0.1) is 12.0 Å². The van der Waals surface area contributed by atoms with Crippen LogP contribution in [-0.2, 0) is 24.3 Å². The highest BCUT2D eigenvalue weighted by atomic mass is 32.2. The molecule has 0 aliphatic carbocycles. The van der Waals surface area contributed by atoms with Gasteiger partial charge in [0.15, 0.2) is 0 Å². The van der Waals surface area contributed by atoms with Crippen molar-refractivity contribution in [1.82, 2.24) is 9.62 Å². The van der Waals surface area contributed by atoms with E-state index in [2.05, 4.69) is 4.72 Å². The van der Waals surface area contributed by atoms with Gasteiger partial charge in [-0.05, 0) is 39.3 Å². The number of nitrogens with one attached hydrogen (secondary N) is 1. The second-order valence-electron chi connectivity index (χ2n) is 7.04. The Morgan fingerprint density at radius 1 is 1.19 bits per heavy atom. The number of sulfonamides is 1. The number of likely N-dealkylation sites (tertiary alicyclic amines) is 1. The molecule has 0 bridgehead atoms. The maximum atomic E-state index is 12.5. The Kier molecular flexibility index (Phi) is 5.92. The number of amides is 1. The van der Waals surface area contributed by atoms with Gasteiger partial charge in [-0.25, -0.2) is 22.7 Å². The summed E-state index contributed by atoms with van der Waals surface area (Å²) in [4.78, 5) is 25.7. The number of methoxy groups -OCH3 is 1. The van der Waals surface area contributed by atoms with Crippen molar-refractivity contribution in [3.05, 3.63) is 30.3 Å². The Morgan fingerprint density at radius 3 is 2.35 bits per heavy atom. The quantitative estimate of drug-likeness (QED) is 0.790. The summed E-state index contributed by atoms with van der Waals surface area (Å²) in [5, 5.41) is 0. The van der Waals surface area contributed by atoms with Crippen LogP contribution in [0.3, 0.4) is 0 Å². The van der Waals surface area contributed by atoms with Crippen LogP contribution in [0.4, 0.5) is 4.79 Å². The van der Waals surface area contributed by atoms with Crippen molar-refractivity contribution in [2.75, 3.05) is 13.7 Å². The summed E-state index contributed by atoms with van der Waals surface area (Å²) >= 11 is 0. The zero-order valence-corrected chi connectivity index (χ0v) is 16.1. The number of carbonyl (C=O) groups is 2. The molecular weight excluding hydrogens is 360 g/mol. The standard InChI is InChI=1S/C17H24N2O6S/c1-17(2,3)25-16(21)19-11-12(10-14(19)15(20)24-4)18-26(22,23)13-8-6-5-7-9-13/h5-9,12,14,18H,10-11H2,1-4H3/t12-,14-/m0/s1. The van der Waals surface area contributed by atoms with Crippen LogP contribution in [0.5, 0.6) is 0 Å². The van der Waals surface area contributed by atoms with Crippen molar-refractivity contribution in [3.8, 4) is 0 Å². The molecule has 144 valence electrons. The van der Waals surface area contributed by atoms with Gasteiger partial charge in [-0.2, -0.15) is 0 Å². The molecule has 26 heavy (non-hydrogen) atoms. The molecule has 1 heterocycles. The van der Waals surface area contributed by atoms with E-state index in [0.717, 1.165) is 0 Å². The number of rotatable bonds is 4. The normalized spacial score (nSPS) is 20.7. The Balaban J connectivity index is 2.17. The molecule has 0 unspecified atom stereocenters. The Hall–Kier alpha value is -2.13. The third-order valence-electron chi connectivity index (χ3n) is 3.78. The lowest BCUT2D eigenvalue weighted by Crippen LogP contribution is -2.44. The molecule has 1 amide bonds. The molecule has 0 spiro atoms. The molecule has 1 aliphatic heterocycles. The molecule has 0 aromatic heterocycles. The van der Waals surface area contributed by atoms with Gasteiger partial charge in [-0.15, -0.1) is 0 Å². The highest BCUT2D eigenvalue weighted by Crippen LogP contribution is 2.23. The van der Waals surface area contributed by atoms with E-state index in [-0.39, 0.29) is 17.9 Å². The summed E-state index contributed by atoms with van der Waals surface area (Å²) in [6, 6.07) is 6.37. The zero-order valence-electron chi connectivity index (χ0n) is 15.3. The maximum absolute atomic E-state index is 12.5. The van der Waals surface area contributed by atoms with Gasteiger partial charge in [-0.1, -0.05) is 18.2 Å². The molecule has 1 aromatic carbocycles. The van der Waals surface area contributed by atoms with Crippen LogP contribution in [0.1, 0.15) is 27.2 Å². The summed E-state index contributed by atoms with van der Waals surface area (Å²) in [7, 11) is -2.55. The minimum absolute atomic E-state index is 0.0146. The van der Waals surface area contributed by atoms with E-state index < -0.39 is 39.8 Å². The van der Waals surface area contributed by atoms with E-state index >= 15 is 0 Å². The van der Waals surface area contributed by atoms with Gasteiger partial charge in [0, 0.05) is 12.6 Å². The maximum Gasteiger partial charge on any atom is 0.411 e. The second-order valence-corrected chi connectivity index (χ2v) is 8.75. The van der Waals surface area contributed by atoms with Crippen molar-refractivity contribution in [3.63, 3.8) is 0 Å². The Bertz CT molecular complexity index is 757. The predicted molar refractivity (Wildman–Crippen MR) is 93.9 cm³/mol. The number of benzene rings is 1. The fourth-order valence-corrected chi connectivity index (χ4v) is 3.95. The largest absolute Gasteiger partial charge is 0.467 e. The summed E-state index contributed by atoms with van der Waals surface area (Å²) in [6.45, 7) is 5.15. The second kappa shape index (κ2) is 7.63. The van der Waals surface area contributed by atoms with Crippen molar-refractivity contribution in [1.29, 1.82) is 0 Å². The van der Waals surface area contributed by atoms with Crippen LogP contribution in [0.25, 0.3) is 0 Å². The van der Waals surface area contributed by atoms with Crippen molar-refractivity contribution < 1.29 is 27.5 Å². The highest BCUT2D eigenvalue weighted by Gasteiger charge is 2.43. The molecule has 9 heteroatoms. The lowest BCUT2D eigenvalue weighted by molar-refractivity contribution is -0.145. The van der Waals surface area contributed by atoms with Gasteiger partial charge >= 0.3 is 12.1 Å². The summed E-state index contributed by atoms with van der Waals surface area (Å²) in [5.41, 5.74) is -0.737. The van der Waals surface area contributed by atoms with Crippen molar-refractivity contribution in [2.24, 2.45) is 0 Å². The summed E-state index contributed by atoms with van der Waals surface area (Å²) in [6.07, 6.45) is -0.577. The van der Waals surface area contributed by atoms with E-state index in [1.54, 1.807) is 39.0 Å². The van der Waals surface area contributed by atoms with Gasteiger partial charge in [0.1, 0.15) is 11.6 Å². The molecule has 1 N–H and O–H groups in total. The van der Waals surface area contributed by atoms with Crippen LogP contribution in [0.15, 0.2) is 35.2 Å². The molecule has 2 atom stereocenters. The molecule has 2 rings (SSSR count). The third-order valence-corrected chi connectivity index (χ3v) is 5.31. The van der Waals surface area contributed by atoms with Gasteiger partial charge < -0.3 is 9.47 Å². The van der Waals surface area contributed by atoms with Gasteiger partial charge in [-0.3, -0.25) is 4.90 Å². The van der Waals surface area contributed by atoms with Crippen molar-refractivity contribution in [2.45, 2.75) is 49.8 Å². The first kappa shape index (κ1) is 20.2. The van der Waals surface area contributed by atoms with E-state index in [0.29, 0.717) is 0 Å². The molecule has 1 fully saturated rings. The lowest BCUT2D eigenvalue weighted by atomic mass is 10.2.